The van der Waals surface area contributed by atoms with Crippen LogP contribution in [0.5, 0.6) is 0 Å². The molecule has 0 atom stereocenters. The zero-order valence-corrected chi connectivity index (χ0v) is 16.1. The van der Waals surface area contributed by atoms with Gasteiger partial charge in [-0.3, -0.25) is 9.59 Å². The number of hydrogen-bond donors (Lipinski definition) is 2. The number of thiazole rings is 1. The maximum Gasteiger partial charge on any atom is 0.253 e. The van der Waals surface area contributed by atoms with E-state index in [1.807, 2.05) is 11.4 Å². The highest BCUT2D eigenvalue weighted by Gasteiger charge is 2.20. The van der Waals surface area contributed by atoms with Crippen LogP contribution in [0.25, 0.3) is 10.8 Å². The van der Waals surface area contributed by atoms with Crippen molar-refractivity contribution >= 4 is 28.8 Å². The smallest absolute Gasteiger partial charge is 0.253 e. The van der Waals surface area contributed by atoms with E-state index in [4.69, 9.17) is 4.42 Å². The molecule has 1 fully saturated rings. The van der Waals surface area contributed by atoms with Crippen LogP contribution in [0.15, 0.2) is 52.5 Å². The number of nitrogens with one attached hydrogen (secondary N) is 2. The van der Waals surface area contributed by atoms with E-state index in [-0.39, 0.29) is 24.3 Å². The van der Waals surface area contributed by atoms with Gasteiger partial charge < -0.3 is 15.1 Å². The summed E-state index contributed by atoms with van der Waals surface area (Å²) in [5, 5.41) is 8.50. The molecule has 2 aromatic heterocycles. The standard InChI is InChI=1S/C21H21N3O3S/c25-19(12-15-13-28-21(23-15)18-10-5-11-27-18)24-17-9-4-3-8-16(17)20(26)22-14-6-1-2-7-14/h3-5,8-11,13-14H,1-2,6-7,12H2,(H,22,26)(H,24,25). The number of hydrogen-bond acceptors (Lipinski definition) is 5. The van der Waals surface area contributed by atoms with Crippen molar-refractivity contribution in [1.82, 2.24) is 10.3 Å². The van der Waals surface area contributed by atoms with Gasteiger partial charge >= 0.3 is 0 Å². The lowest BCUT2D eigenvalue weighted by Crippen LogP contribution is -2.33. The molecule has 0 aliphatic heterocycles. The van der Waals surface area contributed by atoms with E-state index in [1.165, 1.54) is 11.3 Å². The van der Waals surface area contributed by atoms with Crippen LogP contribution in [-0.2, 0) is 11.2 Å². The summed E-state index contributed by atoms with van der Waals surface area (Å²) in [6.07, 6.45) is 6.06. The number of benzene rings is 1. The number of furan rings is 1. The van der Waals surface area contributed by atoms with Crippen molar-refractivity contribution in [2.24, 2.45) is 0 Å². The van der Waals surface area contributed by atoms with Gasteiger partial charge in [-0.25, -0.2) is 4.98 Å². The molecule has 7 heteroatoms. The largest absolute Gasteiger partial charge is 0.462 e. The van der Waals surface area contributed by atoms with E-state index in [0.29, 0.717) is 22.7 Å². The summed E-state index contributed by atoms with van der Waals surface area (Å²) >= 11 is 1.43. The quantitative estimate of drug-likeness (QED) is 0.653. The van der Waals surface area contributed by atoms with Crippen LogP contribution in [0.4, 0.5) is 5.69 Å². The third kappa shape index (κ3) is 4.31. The number of anilines is 1. The van der Waals surface area contributed by atoms with Crippen LogP contribution in [0.2, 0.25) is 0 Å². The second-order valence-electron chi connectivity index (χ2n) is 6.85. The van der Waals surface area contributed by atoms with Crippen LogP contribution in [-0.4, -0.2) is 22.8 Å². The lowest BCUT2D eigenvalue weighted by molar-refractivity contribution is -0.115. The lowest BCUT2D eigenvalue weighted by Gasteiger charge is -2.14. The Morgan fingerprint density at radius 1 is 1.14 bits per heavy atom. The number of nitrogens with zero attached hydrogens (tertiary/aromatic N) is 1. The second kappa shape index (κ2) is 8.39. The number of carbonyl (C=O) groups excluding carboxylic acids is 2. The minimum absolute atomic E-state index is 0.135. The summed E-state index contributed by atoms with van der Waals surface area (Å²) in [4.78, 5) is 29.6. The Hall–Kier alpha value is -2.93. The van der Waals surface area contributed by atoms with E-state index < -0.39 is 0 Å². The molecular formula is C21H21N3O3S. The highest BCUT2D eigenvalue weighted by atomic mass is 32.1. The molecule has 28 heavy (non-hydrogen) atoms. The Bertz CT molecular complexity index is 959. The summed E-state index contributed by atoms with van der Waals surface area (Å²) in [7, 11) is 0. The Labute approximate surface area is 167 Å². The summed E-state index contributed by atoms with van der Waals surface area (Å²) in [6, 6.07) is 11.0. The molecule has 2 amide bonds. The average Bonchev–Trinajstić information content (AvgIpc) is 3.44. The van der Waals surface area contributed by atoms with Crippen molar-refractivity contribution in [3.63, 3.8) is 0 Å². The number of para-hydroxylation sites is 1. The minimum atomic E-state index is -0.211. The first kappa shape index (κ1) is 18.4. The molecule has 2 N–H and O–H groups in total. The zero-order chi connectivity index (χ0) is 19.3. The van der Waals surface area contributed by atoms with E-state index >= 15 is 0 Å². The molecule has 4 rings (SSSR count). The summed E-state index contributed by atoms with van der Waals surface area (Å²) in [6.45, 7) is 0. The van der Waals surface area contributed by atoms with E-state index in [1.54, 1.807) is 36.6 Å². The van der Waals surface area contributed by atoms with Gasteiger partial charge in [0, 0.05) is 11.4 Å². The maximum atomic E-state index is 12.6. The van der Waals surface area contributed by atoms with Crippen molar-refractivity contribution in [2.45, 2.75) is 38.1 Å². The van der Waals surface area contributed by atoms with Crippen LogP contribution in [0, 0.1) is 0 Å². The molecule has 6 nitrogen and oxygen atoms in total. The third-order valence-electron chi connectivity index (χ3n) is 4.76. The first-order chi connectivity index (χ1) is 13.7. The Morgan fingerprint density at radius 2 is 1.96 bits per heavy atom. The fourth-order valence-electron chi connectivity index (χ4n) is 3.38. The fraction of sp³-hybridized carbons (Fsp3) is 0.286. The number of carbonyl (C=O) groups is 2. The first-order valence-electron chi connectivity index (χ1n) is 9.37. The third-order valence-corrected chi connectivity index (χ3v) is 5.67. The molecule has 2 heterocycles. The number of amides is 2. The Morgan fingerprint density at radius 3 is 2.75 bits per heavy atom. The van der Waals surface area contributed by atoms with Gasteiger partial charge in [0.05, 0.1) is 29.6 Å². The summed E-state index contributed by atoms with van der Waals surface area (Å²) in [5.74, 6) is 0.333. The zero-order valence-electron chi connectivity index (χ0n) is 15.3. The predicted octanol–water partition coefficient (Wildman–Crippen LogP) is 4.26. The highest BCUT2D eigenvalue weighted by Crippen LogP contribution is 2.24. The SMILES string of the molecule is O=C(Cc1csc(-c2ccco2)n1)Nc1ccccc1C(=O)NC1CCCC1. The normalized spacial score (nSPS) is 14.1. The second-order valence-corrected chi connectivity index (χ2v) is 7.70. The van der Waals surface area contributed by atoms with Gasteiger partial charge in [0.15, 0.2) is 10.8 Å². The average molecular weight is 395 g/mol. The van der Waals surface area contributed by atoms with Crippen molar-refractivity contribution in [2.75, 3.05) is 5.32 Å². The van der Waals surface area contributed by atoms with E-state index in [2.05, 4.69) is 15.6 Å². The Kier molecular flexibility index (Phi) is 5.53. The topological polar surface area (TPSA) is 84.2 Å². The summed E-state index contributed by atoms with van der Waals surface area (Å²) in [5.41, 5.74) is 1.67. The first-order valence-corrected chi connectivity index (χ1v) is 10.2. The molecule has 0 spiro atoms. The molecule has 0 unspecified atom stereocenters. The van der Waals surface area contributed by atoms with Crippen molar-refractivity contribution < 1.29 is 14.0 Å². The van der Waals surface area contributed by atoms with Gasteiger partial charge in [0.25, 0.3) is 5.91 Å². The molecule has 144 valence electrons. The van der Waals surface area contributed by atoms with Gasteiger partial charge in [-0.15, -0.1) is 11.3 Å². The van der Waals surface area contributed by atoms with Gasteiger partial charge in [-0.05, 0) is 37.1 Å². The fourth-order valence-corrected chi connectivity index (χ4v) is 4.17. The molecule has 1 aromatic carbocycles. The predicted molar refractivity (Wildman–Crippen MR) is 108 cm³/mol. The molecule has 0 saturated heterocycles. The van der Waals surface area contributed by atoms with Crippen molar-refractivity contribution in [1.29, 1.82) is 0 Å². The van der Waals surface area contributed by atoms with Gasteiger partial charge in [-0.2, -0.15) is 0 Å². The van der Waals surface area contributed by atoms with Crippen LogP contribution in [0.3, 0.4) is 0 Å². The molecule has 1 saturated carbocycles. The van der Waals surface area contributed by atoms with Crippen LogP contribution in [0.1, 0.15) is 41.7 Å². The number of aromatic nitrogens is 1. The monoisotopic (exact) mass is 395 g/mol. The van der Waals surface area contributed by atoms with Crippen LogP contribution >= 0.6 is 11.3 Å². The maximum absolute atomic E-state index is 12.6. The van der Waals surface area contributed by atoms with Gasteiger partial charge in [0.1, 0.15) is 0 Å². The van der Waals surface area contributed by atoms with E-state index in [9.17, 15) is 9.59 Å². The molecular weight excluding hydrogens is 374 g/mol. The summed E-state index contributed by atoms with van der Waals surface area (Å²) < 4.78 is 5.33. The highest BCUT2D eigenvalue weighted by molar-refractivity contribution is 7.13. The van der Waals surface area contributed by atoms with Crippen molar-refractivity contribution in [3.8, 4) is 10.8 Å². The number of rotatable bonds is 6. The minimum Gasteiger partial charge on any atom is -0.462 e. The molecule has 3 aromatic rings. The van der Waals surface area contributed by atoms with Crippen LogP contribution < -0.4 is 10.6 Å². The lowest BCUT2D eigenvalue weighted by atomic mass is 10.1. The molecule has 0 radical (unpaired) electrons. The Balaban J connectivity index is 1.41. The van der Waals surface area contributed by atoms with Crippen molar-refractivity contribution in [3.05, 3.63) is 59.3 Å². The molecule has 0 bridgehead atoms. The van der Waals surface area contributed by atoms with Gasteiger partial charge in [-0.1, -0.05) is 25.0 Å². The van der Waals surface area contributed by atoms with E-state index in [0.717, 1.165) is 30.7 Å². The molecule has 1 aliphatic carbocycles. The molecule has 1 aliphatic rings. The van der Waals surface area contributed by atoms with Gasteiger partial charge in [0.2, 0.25) is 5.91 Å².